The van der Waals surface area contributed by atoms with Gasteiger partial charge in [-0.2, -0.15) is 0 Å². The Morgan fingerprint density at radius 1 is 0.732 bits per heavy atom. The van der Waals surface area contributed by atoms with Crippen molar-refractivity contribution in [3.05, 3.63) is 209 Å². The number of hydrogen-bond acceptors (Lipinski definition) is 4. The van der Waals surface area contributed by atoms with Crippen molar-refractivity contribution in [2.45, 2.75) is 18.4 Å². The number of dihydropyridines is 1. The molecule has 7 aromatic rings. The topological polar surface area (TPSA) is 58.6 Å². The Labute approximate surface area is 327 Å². The van der Waals surface area contributed by atoms with Gasteiger partial charge in [-0.15, -0.1) is 0 Å². The van der Waals surface area contributed by atoms with Gasteiger partial charge in [0.1, 0.15) is 0 Å². The summed E-state index contributed by atoms with van der Waals surface area (Å²) < 4.78 is 2.45. The van der Waals surface area contributed by atoms with Crippen LogP contribution in [0, 0.1) is 12.8 Å². The van der Waals surface area contributed by atoms with Crippen molar-refractivity contribution in [2.24, 2.45) is 16.6 Å². The van der Waals surface area contributed by atoms with Crippen LogP contribution in [0.3, 0.4) is 0 Å². The lowest BCUT2D eigenvalue weighted by Crippen LogP contribution is -2.34. The summed E-state index contributed by atoms with van der Waals surface area (Å²) in [6, 6.07) is 54.1. The summed E-state index contributed by atoms with van der Waals surface area (Å²) in [4.78, 5) is 7.16. The molecule has 2 unspecified atom stereocenters. The minimum absolute atomic E-state index is 0.354. The highest BCUT2D eigenvalue weighted by atomic mass is 15.2. The van der Waals surface area contributed by atoms with Gasteiger partial charge >= 0.3 is 0 Å². The predicted molar refractivity (Wildman–Crippen MR) is 231 cm³/mol. The lowest BCUT2D eigenvalue weighted by Gasteiger charge is -2.33. The van der Waals surface area contributed by atoms with E-state index in [-0.39, 0.29) is 0 Å². The van der Waals surface area contributed by atoms with E-state index in [2.05, 4.69) is 197 Å². The molecule has 4 aliphatic rings. The number of fused-ring (bicyclic) bond motifs is 7. The van der Waals surface area contributed by atoms with Gasteiger partial charge in [-0.05, 0) is 100 Å². The second kappa shape index (κ2) is 12.6. The van der Waals surface area contributed by atoms with Crippen LogP contribution in [0.25, 0.3) is 44.9 Å². The number of nitrogens with one attached hydrogen (secondary N) is 1. The first-order valence-electron chi connectivity index (χ1n) is 19.6. The number of aliphatic imine (C=N–C) groups is 1. The first-order chi connectivity index (χ1) is 27.7. The Bertz CT molecular complexity index is 2750. The predicted octanol–water partition coefficient (Wildman–Crippen LogP) is 10.2. The molecule has 0 bridgehead atoms. The van der Waals surface area contributed by atoms with Gasteiger partial charge < -0.3 is 20.5 Å². The zero-order valence-corrected chi connectivity index (χ0v) is 31.2. The van der Waals surface area contributed by atoms with Crippen molar-refractivity contribution in [1.82, 2.24) is 9.88 Å². The summed E-state index contributed by atoms with van der Waals surface area (Å²) in [6.07, 6.45) is 10.2. The van der Waals surface area contributed by atoms with Gasteiger partial charge in [0.25, 0.3) is 0 Å². The van der Waals surface area contributed by atoms with E-state index in [4.69, 9.17) is 5.73 Å². The molecule has 11 rings (SSSR count). The Kier molecular flexibility index (Phi) is 7.33. The molecule has 5 heteroatoms. The molecule has 3 aliphatic heterocycles. The maximum absolute atomic E-state index is 6.14. The number of aromatic nitrogens is 1. The number of rotatable bonds is 6. The van der Waals surface area contributed by atoms with Gasteiger partial charge in [0.2, 0.25) is 0 Å². The normalized spacial score (nSPS) is 18.7. The Balaban J connectivity index is 1.05. The summed E-state index contributed by atoms with van der Waals surface area (Å²) in [5.74, 6) is 0.381. The second-order valence-electron chi connectivity index (χ2n) is 15.3. The van der Waals surface area contributed by atoms with E-state index in [0.29, 0.717) is 12.0 Å². The summed E-state index contributed by atoms with van der Waals surface area (Å²) in [5, 5.41) is 4.59. The van der Waals surface area contributed by atoms with Crippen molar-refractivity contribution in [2.75, 3.05) is 18.0 Å². The summed E-state index contributed by atoms with van der Waals surface area (Å²) in [7, 11) is 0. The van der Waals surface area contributed by atoms with Crippen molar-refractivity contribution >= 4 is 28.9 Å². The summed E-state index contributed by atoms with van der Waals surface area (Å²) >= 11 is 0. The molecule has 0 saturated carbocycles. The van der Waals surface area contributed by atoms with E-state index in [1.165, 1.54) is 72.4 Å². The first kappa shape index (κ1) is 32.6. The molecule has 5 nitrogen and oxygen atoms in total. The number of allylic oxidation sites excluding steroid dienone is 1. The van der Waals surface area contributed by atoms with Crippen LogP contribution in [-0.2, 0) is 5.41 Å². The smallest absolute Gasteiger partial charge is 0.0714 e. The summed E-state index contributed by atoms with van der Waals surface area (Å²) in [6.45, 7) is 3.93. The quantitative estimate of drug-likeness (QED) is 0.180. The molecule has 1 aliphatic carbocycles. The average molecular weight is 724 g/mol. The van der Waals surface area contributed by atoms with E-state index in [9.17, 15) is 0 Å². The molecule has 270 valence electrons. The zero-order chi connectivity index (χ0) is 37.4. The molecular weight excluding hydrogens is 683 g/mol. The van der Waals surface area contributed by atoms with E-state index in [1.807, 2.05) is 0 Å². The number of benzene rings is 6. The van der Waals surface area contributed by atoms with E-state index in [0.717, 1.165) is 30.0 Å². The lowest BCUT2D eigenvalue weighted by atomic mass is 9.67. The maximum atomic E-state index is 6.14. The van der Waals surface area contributed by atoms with Crippen molar-refractivity contribution < 1.29 is 0 Å². The molecule has 2 atom stereocenters. The molecule has 4 heterocycles. The van der Waals surface area contributed by atoms with Gasteiger partial charge in [0.15, 0.2) is 0 Å². The second-order valence-corrected chi connectivity index (χ2v) is 15.3. The fourth-order valence-corrected chi connectivity index (χ4v) is 10.3. The van der Waals surface area contributed by atoms with Gasteiger partial charge in [-0.1, -0.05) is 121 Å². The van der Waals surface area contributed by atoms with Crippen LogP contribution in [0.2, 0.25) is 0 Å². The van der Waals surface area contributed by atoms with Crippen LogP contribution in [0.1, 0.15) is 33.5 Å². The Morgan fingerprint density at radius 2 is 1.39 bits per heavy atom. The fraction of sp³-hybridized carbons (Fsp3) is 0.118. The third-order valence-corrected chi connectivity index (χ3v) is 12.6. The third-order valence-electron chi connectivity index (χ3n) is 12.6. The van der Waals surface area contributed by atoms with Crippen LogP contribution in [0.15, 0.2) is 180 Å². The van der Waals surface area contributed by atoms with E-state index >= 15 is 0 Å². The van der Waals surface area contributed by atoms with Crippen LogP contribution >= 0.6 is 0 Å². The van der Waals surface area contributed by atoms with Crippen molar-refractivity contribution in [3.63, 3.8) is 0 Å². The van der Waals surface area contributed by atoms with Gasteiger partial charge in [-0.25, -0.2) is 0 Å². The fourth-order valence-electron chi connectivity index (χ4n) is 10.3. The van der Waals surface area contributed by atoms with Gasteiger partial charge in [0.05, 0.1) is 23.5 Å². The zero-order valence-electron chi connectivity index (χ0n) is 31.2. The summed E-state index contributed by atoms with van der Waals surface area (Å²) in [5.41, 5.74) is 24.3. The number of hydrogen-bond donors (Lipinski definition) is 2. The molecule has 0 amide bonds. The minimum Gasteiger partial charge on any atom is -0.405 e. The van der Waals surface area contributed by atoms with Crippen LogP contribution in [0.4, 0.5) is 5.69 Å². The molecule has 3 N–H and O–H groups in total. The molecule has 1 aromatic heterocycles. The first-order valence-corrected chi connectivity index (χ1v) is 19.6. The maximum Gasteiger partial charge on any atom is 0.0714 e. The largest absolute Gasteiger partial charge is 0.405 e. The molecule has 0 spiro atoms. The molecule has 0 saturated heterocycles. The SMILES string of the molecule is Cc1c(/C=C\N)c2ccc3c(c2n1-c1ccc(-c2ccc(N4C5=C(CNC=C5)C5C=NCC54)cc2)cc1)-c1ccccc1C3(c1ccccc1)c1ccccc1. The monoisotopic (exact) mass is 723 g/mol. The standard InChI is InChI=1S/C51H41N5/c1-33-40(26-28-52)41-24-25-46-49(42-14-8-9-15-45(42)51(46,36-10-4-2-5-11-36)37-12-6-3-7-13-37)50(41)55(33)38-20-16-34(17-21-38)35-18-22-39(23-19-35)56-47-27-29-53-30-43(47)44-31-54-32-48(44)56/h2-29,31,44,48,53H,30,32,52H2,1H3/b28-26-. The molecule has 6 aromatic carbocycles. The highest BCUT2D eigenvalue weighted by molar-refractivity contribution is 6.07. The van der Waals surface area contributed by atoms with Crippen molar-refractivity contribution in [1.29, 1.82) is 0 Å². The van der Waals surface area contributed by atoms with Gasteiger partial charge in [0, 0.05) is 58.0 Å². The molecule has 0 radical (unpaired) electrons. The highest BCUT2D eigenvalue weighted by Crippen LogP contribution is 2.58. The Morgan fingerprint density at radius 3 is 2.09 bits per heavy atom. The van der Waals surface area contributed by atoms with Gasteiger partial charge in [-0.3, -0.25) is 4.99 Å². The Hall–Kier alpha value is -6.85. The number of nitrogens with two attached hydrogens (primary N) is 1. The number of anilines is 1. The van der Waals surface area contributed by atoms with Crippen molar-refractivity contribution in [3.8, 4) is 27.9 Å². The molecular formula is C51H41N5. The lowest BCUT2D eigenvalue weighted by molar-refractivity contribution is 0.650. The molecule has 56 heavy (non-hydrogen) atoms. The van der Waals surface area contributed by atoms with Crippen LogP contribution in [-0.4, -0.2) is 29.9 Å². The highest BCUT2D eigenvalue weighted by Gasteiger charge is 2.47. The molecule has 0 fully saturated rings. The third kappa shape index (κ3) is 4.51. The van der Waals surface area contributed by atoms with Crippen LogP contribution < -0.4 is 16.0 Å². The van der Waals surface area contributed by atoms with E-state index < -0.39 is 5.41 Å². The number of nitrogens with zero attached hydrogens (tertiary/aromatic N) is 3. The minimum atomic E-state index is -0.478. The average Bonchev–Trinajstić information content (AvgIpc) is 4.00. The van der Waals surface area contributed by atoms with Crippen LogP contribution in [0.5, 0.6) is 0 Å². The van der Waals surface area contributed by atoms with E-state index in [1.54, 1.807) is 6.20 Å².